The molecule has 6 heteroatoms. The summed E-state index contributed by atoms with van der Waals surface area (Å²) < 4.78 is 38.5. The van der Waals surface area contributed by atoms with Crippen LogP contribution in [0.4, 0.5) is 13.2 Å². The largest absolute Gasteiger partial charge is 0.416 e. The normalized spacial score (nSPS) is 13.7. The molecule has 0 saturated heterocycles. The van der Waals surface area contributed by atoms with Gasteiger partial charge in [-0.2, -0.15) is 13.2 Å². The smallest absolute Gasteiger partial charge is 0.330 e. The van der Waals surface area contributed by atoms with Crippen LogP contribution in [-0.4, -0.2) is 6.54 Å². The maximum absolute atomic E-state index is 12.8. The van der Waals surface area contributed by atoms with Crippen LogP contribution >= 0.6 is 11.6 Å². The second-order valence-electron chi connectivity index (χ2n) is 4.12. The van der Waals surface area contributed by atoms with Gasteiger partial charge in [0.05, 0.1) is 5.56 Å². The average molecular weight is 281 g/mol. The van der Waals surface area contributed by atoms with Gasteiger partial charge in [-0.25, -0.2) is 0 Å². The minimum Gasteiger partial charge on any atom is -0.330 e. The van der Waals surface area contributed by atoms with Crippen molar-refractivity contribution in [2.24, 2.45) is 11.5 Å². The van der Waals surface area contributed by atoms with E-state index in [2.05, 4.69) is 0 Å². The second kappa shape index (κ2) is 6.41. The highest BCUT2D eigenvalue weighted by atomic mass is 35.5. The first kappa shape index (κ1) is 15.3. The zero-order valence-electron chi connectivity index (χ0n) is 9.80. The summed E-state index contributed by atoms with van der Waals surface area (Å²) in [6.45, 7) is 0.513. The number of rotatable bonds is 5. The van der Waals surface area contributed by atoms with Crippen LogP contribution < -0.4 is 11.5 Å². The molecule has 18 heavy (non-hydrogen) atoms. The third kappa shape index (κ3) is 4.15. The molecule has 1 aromatic rings. The van der Waals surface area contributed by atoms with E-state index < -0.39 is 17.8 Å². The van der Waals surface area contributed by atoms with E-state index in [0.717, 1.165) is 12.5 Å². The maximum Gasteiger partial charge on any atom is 0.416 e. The monoisotopic (exact) mass is 280 g/mol. The molecule has 0 radical (unpaired) electrons. The lowest BCUT2D eigenvalue weighted by molar-refractivity contribution is -0.138. The Bertz CT molecular complexity index is 393. The van der Waals surface area contributed by atoms with E-state index in [9.17, 15) is 13.2 Å². The van der Waals surface area contributed by atoms with Crippen molar-refractivity contribution in [2.75, 3.05) is 6.54 Å². The van der Waals surface area contributed by atoms with Crippen molar-refractivity contribution in [3.63, 3.8) is 0 Å². The molecule has 2 nitrogen and oxygen atoms in total. The highest BCUT2D eigenvalue weighted by molar-refractivity contribution is 6.30. The van der Waals surface area contributed by atoms with Crippen LogP contribution in [-0.2, 0) is 6.18 Å². The predicted octanol–water partition coefficient (Wildman–Crippen LogP) is 3.49. The van der Waals surface area contributed by atoms with Crippen LogP contribution in [0.15, 0.2) is 18.2 Å². The fraction of sp³-hybridized carbons (Fsp3) is 0.500. The molecule has 0 aromatic heterocycles. The van der Waals surface area contributed by atoms with E-state index in [4.69, 9.17) is 23.1 Å². The number of alkyl halides is 3. The van der Waals surface area contributed by atoms with Crippen molar-refractivity contribution < 1.29 is 13.2 Å². The van der Waals surface area contributed by atoms with Crippen molar-refractivity contribution in [3.8, 4) is 0 Å². The van der Waals surface area contributed by atoms with Crippen molar-refractivity contribution in [1.29, 1.82) is 0 Å². The van der Waals surface area contributed by atoms with Gasteiger partial charge in [0.2, 0.25) is 0 Å². The lowest BCUT2D eigenvalue weighted by Crippen LogP contribution is -2.17. The SMILES string of the molecule is NCCCC[C@H](N)c1ccc(Cl)cc1C(F)(F)F. The Labute approximate surface area is 109 Å². The van der Waals surface area contributed by atoms with Crippen LogP contribution in [0.3, 0.4) is 0 Å². The zero-order valence-corrected chi connectivity index (χ0v) is 10.6. The standard InChI is InChI=1S/C12H16ClF3N2/c13-8-4-5-9(10(7-8)12(14,15)16)11(18)3-1-2-6-17/h4-5,7,11H,1-3,6,17-18H2/t11-/m0/s1. The number of hydrogen-bond donors (Lipinski definition) is 2. The molecule has 0 aliphatic heterocycles. The van der Waals surface area contributed by atoms with Crippen LogP contribution in [0.2, 0.25) is 5.02 Å². The molecule has 0 amide bonds. The molecule has 0 heterocycles. The third-order valence-corrected chi connectivity index (χ3v) is 2.92. The molecule has 0 aliphatic rings. The van der Waals surface area contributed by atoms with Crippen LogP contribution in [0.5, 0.6) is 0 Å². The van der Waals surface area contributed by atoms with Crippen molar-refractivity contribution in [3.05, 3.63) is 34.3 Å². The zero-order chi connectivity index (χ0) is 13.8. The van der Waals surface area contributed by atoms with Gasteiger partial charge in [-0.15, -0.1) is 0 Å². The summed E-state index contributed by atoms with van der Waals surface area (Å²) in [7, 11) is 0. The number of hydrogen-bond acceptors (Lipinski definition) is 2. The van der Waals surface area contributed by atoms with E-state index in [0.29, 0.717) is 19.4 Å². The van der Waals surface area contributed by atoms with Gasteiger partial charge < -0.3 is 11.5 Å². The molecular formula is C12H16ClF3N2. The lowest BCUT2D eigenvalue weighted by Gasteiger charge is -2.18. The third-order valence-electron chi connectivity index (χ3n) is 2.69. The van der Waals surface area contributed by atoms with Gasteiger partial charge >= 0.3 is 6.18 Å². The van der Waals surface area contributed by atoms with Gasteiger partial charge in [-0.3, -0.25) is 0 Å². The summed E-state index contributed by atoms with van der Waals surface area (Å²) in [4.78, 5) is 0. The highest BCUT2D eigenvalue weighted by Gasteiger charge is 2.34. The molecule has 0 bridgehead atoms. The number of unbranched alkanes of at least 4 members (excludes halogenated alkanes) is 1. The lowest BCUT2D eigenvalue weighted by atomic mass is 9.96. The Morgan fingerprint density at radius 3 is 2.44 bits per heavy atom. The van der Waals surface area contributed by atoms with Gasteiger partial charge in [0.25, 0.3) is 0 Å². The van der Waals surface area contributed by atoms with Gasteiger partial charge in [-0.05, 0) is 37.1 Å². The summed E-state index contributed by atoms with van der Waals surface area (Å²) in [5, 5.41) is 0.0558. The van der Waals surface area contributed by atoms with Gasteiger partial charge in [0.1, 0.15) is 0 Å². The molecule has 4 N–H and O–H groups in total. The Kier molecular flexibility index (Phi) is 5.44. The van der Waals surface area contributed by atoms with Crippen LogP contribution in [0.1, 0.15) is 36.4 Å². The summed E-state index contributed by atoms with van der Waals surface area (Å²) in [5.74, 6) is 0. The summed E-state index contributed by atoms with van der Waals surface area (Å²) >= 11 is 5.60. The minimum atomic E-state index is -4.44. The van der Waals surface area contributed by atoms with Crippen molar-refractivity contribution in [2.45, 2.75) is 31.5 Å². The quantitative estimate of drug-likeness (QED) is 0.811. The van der Waals surface area contributed by atoms with E-state index in [1.54, 1.807) is 0 Å². The number of nitrogens with two attached hydrogens (primary N) is 2. The van der Waals surface area contributed by atoms with Crippen LogP contribution in [0, 0.1) is 0 Å². The number of benzene rings is 1. The molecule has 1 aromatic carbocycles. The van der Waals surface area contributed by atoms with E-state index in [1.807, 2.05) is 0 Å². The first-order valence-electron chi connectivity index (χ1n) is 5.68. The van der Waals surface area contributed by atoms with Crippen LogP contribution in [0.25, 0.3) is 0 Å². The van der Waals surface area contributed by atoms with E-state index in [1.165, 1.54) is 12.1 Å². The van der Waals surface area contributed by atoms with Crippen molar-refractivity contribution in [1.82, 2.24) is 0 Å². The molecule has 0 fully saturated rings. The fourth-order valence-electron chi connectivity index (χ4n) is 1.76. The maximum atomic E-state index is 12.8. The molecule has 0 saturated carbocycles. The van der Waals surface area contributed by atoms with E-state index >= 15 is 0 Å². The average Bonchev–Trinajstić information content (AvgIpc) is 2.28. The molecule has 0 aliphatic carbocycles. The van der Waals surface area contributed by atoms with Crippen molar-refractivity contribution >= 4 is 11.6 Å². The van der Waals surface area contributed by atoms with Gasteiger partial charge in [-0.1, -0.05) is 24.1 Å². The number of halogens is 4. The minimum absolute atomic E-state index is 0.0558. The molecule has 1 atom stereocenters. The van der Waals surface area contributed by atoms with Gasteiger partial charge in [0.15, 0.2) is 0 Å². The summed E-state index contributed by atoms with van der Waals surface area (Å²) in [5.41, 5.74) is 10.5. The molecule has 1 rings (SSSR count). The van der Waals surface area contributed by atoms with Gasteiger partial charge in [0, 0.05) is 11.1 Å². The Morgan fingerprint density at radius 1 is 1.22 bits per heavy atom. The molecule has 0 unspecified atom stereocenters. The Balaban J connectivity index is 2.93. The predicted molar refractivity (Wildman–Crippen MR) is 66.3 cm³/mol. The first-order chi connectivity index (χ1) is 8.36. The fourth-order valence-corrected chi connectivity index (χ4v) is 1.93. The molecule has 0 spiro atoms. The highest BCUT2D eigenvalue weighted by Crippen LogP contribution is 2.36. The second-order valence-corrected chi connectivity index (χ2v) is 4.56. The van der Waals surface area contributed by atoms with E-state index in [-0.39, 0.29) is 10.6 Å². The molecular weight excluding hydrogens is 265 g/mol. The first-order valence-corrected chi connectivity index (χ1v) is 6.06. The molecule has 102 valence electrons. The Hall–Kier alpha value is -0.780. The Morgan fingerprint density at radius 2 is 1.89 bits per heavy atom. The summed E-state index contributed by atoms with van der Waals surface area (Å²) in [6.07, 6.45) is -2.51. The topological polar surface area (TPSA) is 52.0 Å². The summed E-state index contributed by atoms with van der Waals surface area (Å²) in [6, 6.07) is 3.04.